The van der Waals surface area contributed by atoms with Crippen molar-refractivity contribution in [1.29, 1.82) is 0 Å². The van der Waals surface area contributed by atoms with Crippen molar-refractivity contribution in [3.63, 3.8) is 0 Å². The average molecular weight is 233 g/mol. The summed E-state index contributed by atoms with van der Waals surface area (Å²) in [6.45, 7) is -0.144. The van der Waals surface area contributed by atoms with Crippen LogP contribution in [0.4, 0.5) is 8.78 Å². The summed E-state index contributed by atoms with van der Waals surface area (Å²) in [5, 5.41) is 8.74. The van der Waals surface area contributed by atoms with Crippen LogP contribution in [0.1, 0.15) is 32.1 Å². The Morgan fingerprint density at radius 3 is 2.31 bits per heavy atom. The summed E-state index contributed by atoms with van der Waals surface area (Å²) >= 11 is 0. The van der Waals surface area contributed by atoms with Gasteiger partial charge in [-0.3, -0.25) is 9.69 Å². The molecule has 0 amide bonds. The molecule has 2 aliphatic rings. The van der Waals surface area contributed by atoms with E-state index in [-0.39, 0.29) is 31.0 Å². The third-order valence-electron chi connectivity index (χ3n) is 3.79. The third kappa shape index (κ3) is 2.51. The van der Waals surface area contributed by atoms with Crippen molar-refractivity contribution in [2.75, 3.05) is 6.54 Å². The van der Waals surface area contributed by atoms with Gasteiger partial charge in [-0.2, -0.15) is 0 Å². The van der Waals surface area contributed by atoms with E-state index in [2.05, 4.69) is 0 Å². The summed E-state index contributed by atoms with van der Waals surface area (Å²) in [5.74, 6) is -0.587. The van der Waals surface area contributed by atoms with E-state index in [1.54, 1.807) is 0 Å². The Bertz CT molecular complexity index is 259. The standard InChI is InChI=1S/C11H17F2NO2/c12-10(13)6-14-8-1-2-9(14)4-7(3-8)5-11(15)16/h7-10H,1-6H2,(H,15,16). The van der Waals surface area contributed by atoms with Crippen molar-refractivity contribution < 1.29 is 18.7 Å². The maximum absolute atomic E-state index is 12.4. The number of carboxylic acids is 1. The van der Waals surface area contributed by atoms with Gasteiger partial charge >= 0.3 is 5.97 Å². The number of aliphatic carboxylic acids is 1. The van der Waals surface area contributed by atoms with E-state index in [4.69, 9.17) is 5.11 Å². The number of rotatable bonds is 4. The van der Waals surface area contributed by atoms with Gasteiger partial charge < -0.3 is 5.11 Å². The monoisotopic (exact) mass is 233 g/mol. The highest BCUT2D eigenvalue weighted by molar-refractivity contribution is 5.67. The molecule has 92 valence electrons. The van der Waals surface area contributed by atoms with Crippen LogP contribution in [0, 0.1) is 5.92 Å². The molecule has 2 fully saturated rings. The van der Waals surface area contributed by atoms with Crippen molar-refractivity contribution in [3.8, 4) is 0 Å². The van der Waals surface area contributed by atoms with E-state index in [0.29, 0.717) is 0 Å². The molecule has 16 heavy (non-hydrogen) atoms. The zero-order chi connectivity index (χ0) is 11.7. The largest absolute Gasteiger partial charge is 0.481 e. The number of fused-ring (bicyclic) bond motifs is 2. The Hall–Kier alpha value is -0.710. The minimum absolute atomic E-state index is 0.144. The van der Waals surface area contributed by atoms with E-state index in [1.165, 1.54) is 0 Å². The van der Waals surface area contributed by atoms with Crippen molar-refractivity contribution >= 4 is 5.97 Å². The second kappa shape index (κ2) is 4.65. The third-order valence-corrected chi connectivity index (χ3v) is 3.79. The number of halogens is 2. The molecule has 2 saturated heterocycles. The molecule has 0 spiro atoms. The maximum atomic E-state index is 12.4. The quantitative estimate of drug-likeness (QED) is 0.807. The molecule has 2 atom stereocenters. The Kier molecular flexibility index (Phi) is 3.42. The van der Waals surface area contributed by atoms with Crippen LogP contribution in [0.5, 0.6) is 0 Å². The number of carbonyl (C=O) groups is 1. The molecule has 2 bridgehead atoms. The van der Waals surface area contributed by atoms with Crippen molar-refractivity contribution in [2.45, 2.75) is 50.6 Å². The van der Waals surface area contributed by atoms with Crippen LogP contribution in [-0.4, -0.2) is 41.0 Å². The average Bonchev–Trinajstić information content (AvgIpc) is 2.43. The Labute approximate surface area is 93.4 Å². The second-order valence-corrected chi connectivity index (χ2v) is 4.91. The van der Waals surface area contributed by atoms with Crippen LogP contribution < -0.4 is 0 Å². The molecule has 0 aliphatic carbocycles. The Morgan fingerprint density at radius 1 is 1.31 bits per heavy atom. The smallest absolute Gasteiger partial charge is 0.303 e. The second-order valence-electron chi connectivity index (χ2n) is 4.91. The minimum atomic E-state index is -2.28. The molecule has 5 heteroatoms. The van der Waals surface area contributed by atoms with Gasteiger partial charge in [0.25, 0.3) is 6.43 Å². The van der Waals surface area contributed by atoms with Gasteiger partial charge in [0.15, 0.2) is 0 Å². The molecule has 2 aliphatic heterocycles. The summed E-state index contributed by atoms with van der Waals surface area (Å²) in [7, 11) is 0. The first-order valence-electron chi connectivity index (χ1n) is 5.82. The van der Waals surface area contributed by atoms with Gasteiger partial charge in [-0.1, -0.05) is 0 Å². The molecule has 2 rings (SSSR count). The molecule has 2 unspecified atom stereocenters. The summed E-state index contributed by atoms with van der Waals surface area (Å²) < 4.78 is 24.7. The van der Waals surface area contributed by atoms with Gasteiger partial charge in [0.2, 0.25) is 0 Å². The number of nitrogens with zero attached hydrogens (tertiary/aromatic N) is 1. The van der Waals surface area contributed by atoms with Crippen LogP contribution in [-0.2, 0) is 4.79 Å². The zero-order valence-corrected chi connectivity index (χ0v) is 9.11. The molecule has 0 aromatic heterocycles. The van der Waals surface area contributed by atoms with E-state index in [1.807, 2.05) is 4.90 Å². The predicted octanol–water partition coefficient (Wildman–Crippen LogP) is 1.97. The topological polar surface area (TPSA) is 40.5 Å². The van der Waals surface area contributed by atoms with Gasteiger partial charge in [0.1, 0.15) is 0 Å². The fourth-order valence-electron chi connectivity index (χ4n) is 3.26. The molecule has 0 aromatic rings. The van der Waals surface area contributed by atoms with E-state index in [9.17, 15) is 13.6 Å². The van der Waals surface area contributed by atoms with E-state index < -0.39 is 12.4 Å². The lowest BCUT2D eigenvalue weighted by Gasteiger charge is -2.38. The van der Waals surface area contributed by atoms with E-state index >= 15 is 0 Å². The van der Waals surface area contributed by atoms with Gasteiger partial charge in [0.05, 0.1) is 6.54 Å². The van der Waals surface area contributed by atoms with Gasteiger partial charge in [-0.05, 0) is 31.6 Å². The molecule has 1 N–H and O–H groups in total. The Morgan fingerprint density at radius 2 is 1.88 bits per heavy atom. The van der Waals surface area contributed by atoms with E-state index in [0.717, 1.165) is 25.7 Å². The number of hydrogen-bond donors (Lipinski definition) is 1. The first kappa shape index (κ1) is 11.8. The van der Waals surface area contributed by atoms with Gasteiger partial charge in [-0.25, -0.2) is 8.78 Å². The van der Waals surface area contributed by atoms with Crippen LogP contribution in [0.3, 0.4) is 0 Å². The first-order chi connectivity index (χ1) is 7.56. The molecular weight excluding hydrogens is 216 g/mol. The predicted molar refractivity (Wildman–Crippen MR) is 54.5 cm³/mol. The molecular formula is C11H17F2NO2. The minimum Gasteiger partial charge on any atom is -0.481 e. The number of alkyl halides is 2. The summed E-state index contributed by atoms with van der Waals surface area (Å²) in [4.78, 5) is 12.5. The zero-order valence-electron chi connectivity index (χ0n) is 9.11. The molecule has 0 saturated carbocycles. The lowest BCUT2D eigenvalue weighted by molar-refractivity contribution is -0.138. The van der Waals surface area contributed by atoms with Gasteiger partial charge in [-0.15, -0.1) is 0 Å². The number of hydrogen-bond acceptors (Lipinski definition) is 2. The van der Waals surface area contributed by atoms with Crippen LogP contribution in [0.25, 0.3) is 0 Å². The molecule has 0 radical (unpaired) electrons. The number of carboxylic acid groups (broad SMARTS) is 1. The fourth-order valence-corrected chi connectivity index (χ4v) is 3.26. The van der Waals surface area contributed by atoms with Gasteiger partial charge in [0, 0.05) is 18.5 Å². The van der Waals surface area contributed by atoms with Crippen molar-refractivity contribution in [3.05, 3.63) is 0 Å². The SMILES string of the molecule is O=C(O)CC1CC2CCC(C1)N2CC(F)F. The van der Waals surface area contributed by atoms with Crippen LogP contribution in [0.2, 0.25) is 0 Å². The summed E-state index contributed by atoms with van der Waals surface area (Å²) in [5.41, 5.74) is 0. The highest BCUT2D eigenvalue weighted by Gasteiger charge is 2.41. The number of piperidine rings is 1. The first-order valence-corrected chi connectivity index (χ1v) is 5.82. The maximum Gasteiger partial charge on any atom is 0.303 e. The van der Waals surface area contributed by atoms with Crippen LogP contribution in [0.15, 0.2) is 0 Å². The normalized spacial score (nSPS) is 34.6. The summed E-state index contributed by atoms with van der Waals surface area (Å²) in [6.07, 6.45) is 1.36. The summed E-state index contributed by atoms with van der Waals surface area (Å²) in [6, 6.07) is 0.384. The highest BCUT2D eigenvalue weighted by Crippen LogP contribution is 2.39. The molecule has 2 heterocycles. The molecule has 3 nitrogen and oxygen atoms in total. The Balaban J connectivity index is 1.93. The fraction of sp³-hybridized carbons (Fsp3) is 0.909. The highest BCUT2D eigenvalue weighted by atomic mass is 19.3. The van der Waals surface area contributed by atoms with Crippen molar-refractivity contribution in [1.82, 2.24) is 4.90 Å². The lowest BCUT2D eigenvalue weighted by atomic mass is 9.88. The molecule has 0 aromatic carbocycles. The lowest BCUT2D eigenvalue weighted by Crippen LogP contribution is -2.45. The van der Waals surface area contributed by atoms with Crippen molar-refractivity contribution in [2.24, 2.45) is 5.92 Å². The van der Waals surface area contributed by atoms with Crippen LogP contribution >= 0.6 is 0 Å².